The van der Waals surface area contributed by atoms with Crippen LogP contribution >= 0.6 is 0 Å². The molecule has 0 aromatic heterocycles. The number of hydrogen-bond donors (Lipinski definition) is 0. The molecule has 0 radical (unpaired) electrons. The summed E-state index contributed by atoms with van der Waals surface area (Å²) in [5, 5.41) is 2.86. The monoisotopic (exact) mass is 1950 g/mol. The summed E-state index contributed by atoms with van der Waals surface area (Å²) in [6.07, 6.45) is 6.52. The van der Waals surface area contributed by atoms with Crippen LogP contribution in [-0.4, -0.2) is 289 Å². The molecule has 8 saturated heterocycles. The Kier molecular flexibility index (Phi) is 49.3. The first-order chi connectivity index (χ1) is 62.8. The fraction of sp³-hybridized carbons (Fsp3) is 0.525. The van der Waals surface area contributed by atoms with Crippen molar-refractivity contribution in [2.45, 2.75) is 85.0 Å². The highest BCUT2D eigenvalue weighted by atomic mass is 32.2. The number of carbonyl (C=O) groups is 8. The van der Waals surface area contributed by atoms with E-state index in [0.29, 0.717) is 104 Å². The van der Waals surface area contributed by atoms with Gasteiger partial charge in [-0.2, -0.15) is 0 Å². The number of halogens is 5. The fourth-order valence-electron chi connectivity index (χ4n) is 14.7. The van der Waals surface area contributed by atoms with Gasteiger partial charge in [-0.15, -0.1) is 0 Å². The Balaban J connectivity index is 0.000000168. The topological polar surface area (TPSA) is 210 Å². The molecule has 9 fully saturated rings. The Morgan fingerprint density at radius 2 is 0.662 bits per heavy atom. The highest BCUT2D eigenvalue weighted by Gasteiger charge is 2.39. The standard InChI is InChI=1S/C16H17O2S.3C13H17O2S.C12H10F5O2S.C12H21O2S.C12H15O2S.C10H19O2S/c17-16(12-19-9-7-18-8-10-19)15-6-5-13-3-1-2-4-14(13)11-15;1-11-2-4-12(5-3-11)13(14)10-16-8-6-15-7-9-16;1-11-9-16(8-7-15-11)10-13(14)12-5-3-2-4-6-12;1-11-9-15-7-8-16(11)10-13(14)12-5-3-2-4-6-12;13-8-7(9(14)11(16)12(17)10(8)15)6(18)5-20-3-1-19-2-4-20;2*13-12(11-4-2-1-3-5-11)10-15-8-6-14-7-9-15;1-10(2,3)9(11)8-13-6-4-12-5-7-13/h1-6,11H,7-10,12H2;2-5H,6-10H2,1H3;2*2-6,11H,7-10H2,1H3;1-5H2;11H,1-10H2;1-5H,6-10H2;4-8H2,1-3H3/q8*+1. The number of ketones is 8. The maximum absolute atomic E-state index is 13.4. The van der Waals surface area contributed by atoms with Crippen molar-refractivity contribution in [2.24, 2.45) is 11.3 Å². The van der Waals surface area contributed by atoms with Crippen molar-refractivity contribution in [2.75, 3.05) is 231 Å². The summed E-state index contributed by atoms with van der Waals surface area (Å²) < 4.78 is 108. The van der Waals surface area contributed by atoms with E-state index < -0.39 is 51.3 Å². The van der Waals surface area contributed by atoms with Crippen LogP contribution in [0.1, 0.15) is 134 Å². The molecule has 7 aromatic rings. The van der Waals surface area contributed by atoms with Gasteiger partial charge in [0.2, 0.25) is 40.5 Å². The third kappa shape index (κ3) is 38.8. The number of aryl methyl sites for hydroxylation is 1. The molecule has 1 saturated carbocycles. The van der Waals surface area contributed by atoms with Crippen LogP contribution in [0.4, 0.5) is 22.0 Å². The molecule has 1 aliphatic carbocycles. The van der Waals surface area contributed by atoms with Gasteiger partial charge in [0.1, 0.15) is 97.1 Å². The Morgan fingerprint density at radius 1 is 0.331 bits per heavy atom. The number of Topliss-reactive ketones (excluding diaryl/α,β-unsaturated/α-hetero) is 8. The normalized spacial score (nSPS) is 20.3. The summed E-state index contributed by atoms with van der Waals surface area (Å²) in [5.41, 5.74) is 3.91. The zero-order valence-electron chi connectivity index (χ0n) is 76.3. The van der Waals surface area contributed by atoms with Gasteiger partial charge in [0.05, 0.1) is 105 Å². The van der Waals surface area contributed by atoms with E-state index in [1.54, 1.807) is 0 Å². The van der Waals surface area contributed by atoms with Crippen molar-refractivity contribution in [3.63, 3.8) is 0 Å². The number of fused-ring (bicyclic) bond motifs is 1. The van der Waals surface area contributed by atoms with E-state index in [0.717, 1.165) is 218 Å². The zero-order valence-corrected chi connectivity index (χ0v) is 82.9. The van der Waals surface area contributed by atoms with E-state index in [2.05, 4.69) is 26.0 Å². The molecule has 0 amide bonds. The second-order valence-electron chi connectivity index (χ2n) is 33.7. The minimum Gasteiger partial charge on any atom is -0.372 e. The molecule has 16 rings (SSSR count). The summed E-state index contributed by atoms with van der Waals surface area (Å²) in [4.78, 5) is 95.7. The Bertz CT molecular complexity index is 4560. The highest BCUT2D eigenvalue weighted by Crippen LogP contribution is 2.28. The lowest BCUT2D eigenvalue weighted by Crippen LogP contribution is -2.38. The molecule has 4 unspecified atom stereocenters. The molecule has 8 heterocycles. The van der Waals surface area contributed by atoms with E-state index in [4.69, 9.17) is 37.9 Å². The third-order valence-corrected chi connectivity index (χ3v) is 40.6. The average Bonchev–Trinajstić information content (AvgIpc) is 0.784. The van der Waals surface area contributed by atoms with Crippen LogP contribution in [0.3, 0.4) is 0 Å². The second kappa shape index (κ2) is 59.3. The predicted octanol–water partition coefficient (Wildman–Crippen LogP) is 15.1. The Hall–Kier alpha value is -5.71. The van der Waals surface area contributed by atoms with Crippen LogP contribution < -0.4 is 0 Å². The fourth-order valence-corrected chi connectivity index (χ4v) is 29.4. The minimum absolute atomic E-state index is 0.161. The quantitative estimate of drug-likeness (QED) is 0.0192. The molecule has 16 nitrogen and oxygen atoms in total. The SMILES string of the molecule is CC(C)(C)C(=O)C[S+]1CCOCC1.CC1COCC[S+]1CC(=O)c1ccccc1.CC1C[S+](CC(=O)c2ccccc2)CCO1.Cc1ccc(C(=O)C[S+]2CCOCC2)cc1.O=C(C[S+]1CCOCC1)C1CCCCC1.O=C(C[S+]1CCOCC1)c1c(F)c(F)c(F)c(F)c1F.O=C(C[S+]1CCOCC1)c1ccc2ccccc2c1.O=C(C[S+]1CCOCC1)c1ccccc1. The lowest BCUT2D eigenvalue weighted by atomic mass is 9.87. The van der Waals surface area contributed by atoms with E-state index in [9.17, 15) is 60.3 Å². The first-order valence-electron chi connectivity index (χ1n) is 45.0. The molecular formula is C101H133F5O16S8+8. The van der Waals surface area contributed by atoms with Gasteiger partial charge in [0, 0.05) is 105 Å². The molecule has 9 aliphatic rings. The van der Waals surface area contributed by atoms with Crippen molar-refractivity contribution in [3.8, 4) is 0 Å². The Labute approximate surface area is 789 Å². The molecular weight excluding hydrogens is 1820 g/mol. The molecule has 7 aromatic carbocycles. The molecule has 29 heteroatoms. The van der Waals surface area contributed by atoms with Crippen molar-refractivity contribution in [1.29, 1.82) is 0 Å². The second-order valence-corrected chi connectivity index (χ2v) is 52.5. The number of rotatable bonds is 23. The Morgan fingerprint density at radius 3 is 1.07 bits per heavy atom. The molecule has 130 heavy (non-hydrogen) atoms. The number of ether oxygens (including phenoxy) is 8. The van der Waals surface area contributed by atoms with Gasteiger partial charge in [-0.1, -0.05) is 197 Å². The first kappa shape index (κ1) is 108. The smallest absolute Gasteiger partial charge is 0.217 e. The van der Waals surface area contributed by atoms with Crippen molar-refractivity contribution in [3.05, 3.63) is 226 Å². The van der Waals surface area contributed by atoms with Crippen LogP contribution in [-0.2, 0) is 135 Å². The summed E-state index contributed by atoms with van der Waals surface area (Å²) in [6.45, 7) is 24.0. The van der Waals surface area contributed by atoms with Gasteiger partial charge in [0.15, 0.2) is 80.9 Å². The summed E-state index contributed by atoms with van der Waals surface area (Å²) in [7, 11) is 1.33. The van der Waals surface area contributed by atoms with E-state index in [1.165, 1.54) is 30.2 Å². The largest absolute Gasteiger partial charge is 0.372 e. The molecule has 0 N–H and O–H groups in total. The van der Waals surface area contributed by atoms with Gasteiger partial charge in [0.25, 0.3) is 0 Å². The van der Waals surface area contributed by atoms with Gasteiger partial charge in [-0.25, -0.2) is 22.0 Å². The lowest BCUT2D eigenvalue weighted by Gasteiger charge is -2.21. The summed E-state index contributed by atoms with van der Waals surface area (Å²) >= 11 is 0. The van der Waals surface area contributed by atoms with E-state index >= 15 is 0 Å². The predicted molar refractivity (Wildman–Crippen MR) is 534 cm³/mol. The van der Waals surface area contributed by atoms with Crippen molar-refractivity contribution >= 4 is 144 Å². The first-order valence-corrected chi connectivity index (χ1v) is 58.8. The van der Waals surface area contributed by atoms with Gasteiger partial charge in [-0.05, 0) is 72.2 Å². The van der Waals surface area contributed by atoms with Gasteiger partial charge < -0.3 is 37.9 Å². The molecule has 4 atom stereocenters. The van der Waals surface area contributed by atoms with Crippen LogP contribution in [0.5, 0.6) is 0 Å². The third-order valence-electron chi connectivity index (χ3n) is 22.6. The highest BCUT2D eigenvalue weighted by molar-refractivity contribution is 7.99. The van der Waals surface area contributed by atoms with Crippen molar-refractivity contribution in [1.82, 2.24) is 0 Å². The zero-order chi connectivity index (χ0) is 93.0. The van der Waals surface area contributed by atoms with Gasteiger partial charge in [-0.3, -0.25) is 38.4 Å². The van der Waals surface area contributed by atoms with Gasteiger partial charge >= 0.3 is 0 Å². The number of benzene rings is 7. The van der Waals surface area contributed by atoms with E-state index in [-0.39, 0.29) is 94.6 Å². The maximum atomic E-state index is 13.4. The number of carbonyl (C=O) groups excluding carboxylic acids is 8. The van der Waals surface area contributed by atoms with Crippen LogP contribution in [0.25, 0.3) is 10.8 Å². The van der Waals surface area contributed by atoms with Crippen molar-refractivity contribution < 1.29 is 98.2 Å². The summed E-state index contributed by atoms with van der Waals surface area (Å²) in [5.74, 6) is 10.9. The molecule has 0 spiro atoms. The lowest BCUT2D eigenvalue weighted by molar-refractivity contribution is -0.123. The van der Waals surface area contributed by atoms with Crippen LogP contribution in [0.2, 0.25) is 0 Å². The molecule has 0 bridgehead atoms. The molecule has 8 aliphatic heterocycles. The summed E-state index contributed by atoms with van der Waals surface area (Å²) in [6, 6.07) is 50.8. The van der Waals surface area contributed by atoms with Crippen LogP contribution in [0.15, 0.2) is 158 Å². The van der Waals surface area contributed by atoms with Crippen LogP contribution in [0, 0.1) is 47.3 Å². The molecule has 708 valence electrons. The maximum Gasteiger partial charge on any atom is 0.217 e. The average molecular weight is 1950 g/mol. The number of hydrogen-bond acceptors (Lipinski definition) is 16. The minimum atomic E-state index is -2.26. The van der Waals surface area contributed by atoms with E-state index in [1.807, 2.05) is 173 Å².